The van der Waals surface area contributed by atoms with Crippen molar-refractivity contribution in [1.82, 2.24) is 24.8 Å². The summed E-state index contributed by atoms with van der Waals surface area (Å²) in [6, 6.07) is 14.5. The van der Waals surface area contributed by atoms with E-state index in [1.807, 2.05) is 50.2 Å². The number of carbonyl (C=O) groups excluding carboxylic acids is 3. The fourth-order valence-electron chi connectivity index (χ4n) is 4.14. The smallest absolute Gasteiger partial charge is 0.260 e. The molecule has 2 aromatic carbocycles. The average molecular weight is 596 g/mol. The molecule has 0 aliphatic heterocycles. The molecule has 0 radical (unpaired) electrons. The molecule has 44 heavy (non-hydrogen) atoms. The summed E-state index contributed by atoms with van der Waals surface area (Å²) in [6.45, 7) is 3.13. The molecule has 2 aromatic heterocycles. The number of amides is 3. The van der Waals surface area contributed by atoms with E-state index in [1.54, 1.807) is 49.8 Å². The molecular formula is C32H37N9O3. The van der Waals surface area contributed by atoms with Gasteiger partial charge in [-0.25, -0.2) is 4.98 Å². The van der Waals surface area contributed by atoms with E-state index >= 15 is 0 Å². The summed E-state index contributed by atoms with van der Waals surface area (Å²) in [5.41, 5.74) is 2.02. The molecule has 0 bridgehead atoms. The van der Waals surface area contributed by atoms with Gasteiger partial charge in [0.1, 0.15) is 11.4 Å². The topological polar surface area (TPSA) is 144 Å². The Morgan fingerprint density at radius 3 is 2.48 bits per heavy atom. The third kappa shape index (κ3) is 9.07. The first-order valence-electron chi connectivity index (χ1n) is 14.2. The molecule has 228 valence electrons. The number of anilines is 5. The van der Waals surface area contributed by atoms with Gasteiger partial charge in [0.25, 0.3) is 5.91 Å². The number of likely N-dealkylation sites (N-methyl/N-ethyl adjacent to an activating group) is 2. The maximum absolute atomic E-state index is 13.3. The normalized spacial score (nSPS) is 11.0. The van der Waals surface area contributed by atoms with Gasteiger partial charge in [-0.15, -0.1) is 0 Å². The molecule has 0 unspecified atom stereocenters. The number of aromatic nitrogens is 3. The number of nitrogens with one attached hydrogen (secondary N) is 4. The Hall–Kier alpha value is -5.36. The quantitative estimate of drug-likeness (QED) is 0.166. The Balaban J connectivity index is 1.41. The third-order valence-electron chi connectivity index (χ3n) is 6.36. The molecule has 4 aromatic rings. The van der Waals surface area contributed by atoms with E-state index in [9.17, 15) is 14.4 Å². The second-order valence-electron chi connectivity index (χ2n) is 10.4. The van der Waals surface area contributed by atoms with Crippen LogP contribution < -0.4 is 21.3 Å². The van der Waals surface area contributed by atoms with Crippen LogP contribution >= 0.6 is 0 Å². The van der Waals surface area contributed by atoms with Crippen molar-refractivity contribution in [3.63, 3.8) is 0 Å². The van der Waals surface area contributed by atoms with E-state index in [1.165, 1.54) is 17.2 Å². The summed E-state index contributed by atoms with van der Waals surface area (Å²) in [7, 11) is 5.36. The van der Waals surface area contributed by atoms with Crippen LogP contribution in [0.2, 0.25) is 0 Å². The summed E-state index contributed by atoms with van der Waals surface area (Å²) in [5.74, 6) is -0.310. The zero-order chi connectivity index (χ0) is 31.5. The predicted octanol–water partition coefficient (Wildman–Crippen LogP) is 4.36. The van der Waals surface area contributed by atoms with Crippen LogP contribution in [0.5, 0.6) is 0 Å². The highest BCUT2D eigenvalue weighted by molar-refractivity contribution is 6.07. The fraction of sp³-hybridized carbons (Fsp3) is 0.250. The molecule has 4 rings (SSSR count). The standard InChI is InChI=1S/C32H37N9O3/c1-5-14-34-30-27(20-35-32(39-30)38-26-12-11-23-19-33-15-13-22(23)17-26)31(44)37-25-9-6-8-24(18-25)36-28(42)21-41(4)29(43)10-7-16-40(2)3/h6-13,15,17-20H,5,14,16,21H2,1-4H3,(H,36,42)(H,37,44)(H2,34,35,38,39)/b10-7+. The summed E-state index contributed by atoms with van der Waals surface area (Å²) in [6.07, 6.45) is 9.03. The Morgan fingerprint density at radius 1 is 0.909 bits per heavy atom. The minimum absolute atomic E-state index is 0.123. The van der Waals surface area contributed by atoms with Gasteiger partial charge >= 0.3 is 0 Å². The summed E-state index contributed by atoms with van der Waals surface area (Å²) < 4.78 is 0. The maximum Gasteiger partial charge on any atom is 0.260 e. The molecule has 0 spiro atoms. The van der Waals surface area contributed by atoms with E-state index in [0.717, 1.165) is 22.9 Å². The Bertz CT molecular complexity index is 1660. The molecule has 3 amide bonds. The Kier molecular flexibility index (Phi) is 10.9. The van der Waals surface area contributed by atoms with E-state index in [0.29, 0.717) is 36.2 Å². The number of rotatable bonds is 13. The molecular weight excluding hydrogens is 558 g/mol. The highest BCUT2D eigenvalue weighted by Crippen LogP contribution is 2.23. The predicted molar refractivity (Wildman–Crippen MR) is 174 cm³/mol. The number of hydrogen-bond acceptors (Lipinski definition) is 9. The zero-order valence-electron chi connectivity index (χ0n) is 25.3. The molecule has 4 N–H and O–H groups in total. The van der Waals surface area contributed by atoms with Crippen molar-refractivity contribution in [3.8, 4) is 0 Å². The molecule has 2 heterocycles. The molecule has 0 aliphatic rings. The van der Waals surface area contributed by atoms with Crippen LogP contribution in [0.1, 0.15) is 23.7 Å². The molecule has 0 fully saturated rings. The van der Waals surface area contributed by atoms with Crippen LogP contribution in [-0.4, -0.2) is 83.3 Å². The van der Waals surface area contributed by atoms with E-state index in [4.69, 9.17) is 0 Å². The van der Waals surface area contributed by atoms with E-state index < -0.39 is 5.91 Å². The van der Waals surface area contributed by atoms with Crippen molar-refractivity contribution >= 4 is 57.3 Å². The molecule has 0 saturated heterocycles. The molecule has 12 heteroatoms. The zero-order valence-corrected chi connectivity index (χ0v) is 25.3. The lowest BCUT2D eigenvalue weighted by atomic mass is 10.1. The first-order valence-corrected chi connectivity index (χ1v) is 14.2. The van der Waals surface area contributed by atoms with Crippen molar-refractivity contribution in [2.75, 3.05) is 62.0 Å². The van der Waals surface area contributed by atoms with Gasteiger partial charge < -0.3 is 31.1 Å². The number of benzene rings is 2. The van der Waals surface area contributed by atoms with E-state index in [2.05, 4.69) is 36.2 Å². The van der Waals surface area contributed by atoms with Gasteiger partial charge in [0.05, 0.1) is 6.54 Å². The van der Waals surface area contributed by atoms with Crippen LogP contribution in [-0.2, 0) is 9.59 Å². The lowest BCUT2D eigenvalue weighted by Gasteiger charge is -2.16. The van der Waals surface area contributed by atoms with E-state index in [-0.39, 0.29) is 23.9 Å². The highest BCUT2D eigenvalue weighted by atomic mass is 16.2. The van der Waals surface area contributed by atoms with Gasteiger partial charge in [0.15, 0.2) is 0 Å². The first kappa shape index (κ1) is 31.6. The summed E-state index contributed by atoms with van der Waals surface area (Å²) >= 11 is 0. The highest BCUT2D eigenvalue weighted by Gasteiger charge is 2.16. The van der Waals surface area contributed by atoms with Crippen LogP contribution in [0, 0.1) is 0 Å². The second-order valence-corrected chi connectivity index (χ2v) is 10.4. The lowest BCUT2D eigenvalue weighted by molar-refractivity contribution is -0.129. The minimum atomic E-state index is -0.410. The van der Waals surface area contributed by atoms with Crippen LogP contribution in [0.4, 0.5) is 28.8 Å². The lowest BCUT2D eigenvalue weighted by Crippen LogP contribution is -2.34. The van der Waals surface area contributed by atoms with Crippen molar-refractivity contribution in [2.45, 2.75) is 13.3 Å². The van der Waals surface area contributed by atoms with Crippen molar-refractivity contribution in [3.05, 3.63) is 84.8 Å². The number of carbonyl (C=O) groups is 3. The molecule has 0 saturated carbocycles. The van der Waals surface area contributed by atoms with Crippen molar-refractivity contribution in [1.29, 1.82) is 0 Å². The van der Waals surface area contributed by atoms with Gasteiger partial charge in [-0.2, -0.15) is 4.98 Å². The summed E-state index contributed by atoms with van der Waals surface area (Å²) in [4.78, 5) is 54.5. The first-order chi connectivity index (χ1) is 21.2. The van der Waals surface area contributed by atoms with Gasteiger partial charge in [0.2, 0.25) is 17.8 Å². The Morgan fingerprint density at radius 2 is 1.70 bits per heavy atom. The van der Waals surface area contributed by atoms with Crippen molar-refractivity contribution < 1.29 is 14.4 Å². The SMILES string of the molecule is CCCNc1nc(Nc2ccc3cnccc3c2)ncc1C(=O)Nc1cccc(NC(=O)CN(C)C(=O)/C=C/CN(C)C)c1. The number of nitrogens with zero attached hydrogens (tertiary/aromatic N) is 5. The van der Waals surface area contributed by atoms with Gasteiger partial charge in [-0.3, -0.25) is 19.4 Å². The average Bonchev–Trinajstić information content (AvgIpc) is 2.99. The molecule has 12 nitrogen and oxygen atoms in total. The second kappa shape index (κ2) is 15.2. The Labute approximate surface area is 256 Å². The largest absolute Gasteiger partial charge is 0.369 e. The monoisotopic (exact) mass is 595 g/mol. The van der Waals surface area contributed by atoms with Crippen LogP contribution in [0.3, 0.4) is 0 Å². The third-order valence-corrected chi connectivity index (χ3v) is 6.36. The van der Waals surface area contributed by atoms with Gasteiger partial charge in [-0.1, -0.05) is 25.1 Å². The van der Waals surface area contributed by atoms with Crippen LogP contribution in [0.25, 0.3) is 10.8 Å². The minimum Gasteiger partial charge on any atom is -0.369 e. The maximum atomic E-state index is 13.3. The van der Waals surface area contributed by atoms with Gasteiger partial charge in [0, 0.05) is 67.3 Å². The van der Waals surface area contributed by atoms with Gasteiger partial charge in [-0.05, 0) is 62.3 Å². The fourth-order valence-corrected chi connectivity index (χ4v) is 4.14. The molecule has 0 atom stereocenters. The van der Waals surface area contributed by atoms with Crippen molar-refractivity contribution in [2.24, 2.45) is 0 Å². The summed E-state index contributed by atoms with van der Waals surface area (Å²) in [5, 5.41) is 14.1. The van der Waals surface area contributed by atoms with Crippen LogP contribution in [0.15, 0.2) is 79.3 Å². The molecule has 0 aliphatic carbocycles. The number of pyridine rings is 1. The number of fused-ring (bicyclic) bond motifs is 1. The number of hydrogen-bond donors (Lipinski definition) is 4.